The maximum Gasteiger partial charge on any atom is 0.251 e. The van der Waals surface area contributed by atoms with Crippen molar-refractivity contribution in [1.29, 1.82) is 0 Å². The number of amides is 2. The summed E-state index contributed by atoms with van der Waals surface area (Å²) in [7, 11) is 0. The highest BCUT2D eigenvalue weighted by Gasteiger charge is 2.10. The van der Waals surface area contributed by atoms with Gasteiger partial charge in [0.2, 0.25) is 0 Å². The average molecular weight is 328 g/mol. The first-order valence-electron chi connectivity index (χ1n) is 7.78. The predicted octanol–water partition coefficient (Wildman–Crippen LogP) is 2.91. The lowest BCUT2D eigenvalue weighted by molar-refractivity contribution is 0.0927. The molecule has 0 aliphatic carbocycles. The first kappa shape index (κ1) is 17.7. The van der Waals surface area contributed by atoms with Crippen LogP contribution >= 0.6 is 0 Å². The van der Waals surface area contributed by atoms with Crippen LogP contribution in [0, 0.1) is 26.6 Å². The Kier molecular flexibility index (Phi) is 5.68. The van der Waals surface area contributed by atoms with Gasteiger partial charge in [-0.3, -0.25) is 9.59 Å². The summed E-state index contributed by atoms with van der Waals surface area (Å²) < 4.78 is 13.5. The second kappa shape index (κ2) is 7.73. The smallest absolute Gasteiger partial charge is 0.251 e. The lowest BCUT2D eigenvalue weighted by atomic mass is 10.1. The molecular weight excluding hydrogens is 307 g/mol. The zero-order valence-corrected chi connectivity index (χ0v) is 14.1. The van der Waals surface area contributed by atoms with Crippen LogP contribution in [-0.2, 0) is 0 Å². The van der Waals surface area contributed by atoms with Crippen LogP contribution in [0.2, 0.25) is 0 Å². The van der Waals surface area contributed by atoms with Gasteiger partial charge in [0, 0.05) is 24.2 Å². The monoisotopic (exact) mass is 328 g/mol. The van der Waals surface area contributed by atoms with Crippen LogP contribution in [0.1, 0.15) is 37.4 Å². The van der Waals surface area contributed by atoms with Crippen molar-refractivity contribution in [3.05, 3.63) is 70.0 Å². The van der Waals surface area contributed by atoms with Gasteiger partial charge in [0.25, 0.3) is 11.8 Å². The Morgan fingerprint density at radius 3 is 2.17 bits per heavy atom. The molecule has 2 amide bonds. The lowest BCUT2D eigenvalue weighted by Gasteiger charge is -2.09. The summed E-state index contributed by atoms with van der Waals surface area (Å²) in [5, 5.41) is 5.41. The summed E-state index contributed by atoms with van der Waals surface area (Å²) >= 11 is 0. The maximum absolute atomic E-state index is 13.5. The van der Waals surface area contributed by atoms with Crippen LogP contribution in [0.3, 0.4) is 0 Å². The van der Waals surface area contributed by atoms with Gasteiger partial charge in [-0.05, 0) is 50.1 Å². The third kappa shape index (κ3) is 4.41. The normalized spacial score (nSPS) is 10.3. The summed E-state index contributed by atoms with van der Waals surface area (Å²) in [5.41, 5.74) is 3.38. The number of carbonyl (C=O) groups excluding carboxylic acids is 2. The Bertz CT molecular complexity index is 772. The molecule has 2 N–H and O–H groups in total. The van der Waals surface area contributed by atoms with Gasteiger partial charge in [-0.1, -0.05) is 23.8 Å². The number of benzene rings is 2. The summed E-state index contributed by atoms with van der Waals surface area (Å²) in [6, 6.07) is 9.96. The molecule has 0 spiro atoms. The van der Waals surface area contributed by atoms with E-state index in [1.54, 1.807) is 25.1 Å². The highest BCUT2D eigenvalue weighted by molar-refractivity contribution is 5.96. The molecule has 2 aromatic carbocycles. The summed E-state index contributed by atoms with van der Waals surface area (Å²) in [5.74, 6) is -0.955. The molecule has 0 atom stereocenters. The molecule has 4 nitrogen and oxygen atoms in total. The first-order chi connectivity index (χ1) is 11.4. The number of nitrogens with one attached hydrogen (secondary N) is 2. The zero-order valence-electron chi connectivity index (χ0n) is 14.1. The molecule has 2 aromatic rings. The molecular formula is C19H21FN2O2. The summed E-state index contributed by atoms with van der Waals surface area (Å²) in [6.07, 6.45) is 0. The number of rotatable bonds is 5. The van der Waals surface area contributed by atoms with Gasteiger partial charge in [-0.2, -0.15) is 0 Å². The second-order valence-corrected chi connectivity index (χ2v) is 5.79. The predicted molar refractivity (Wildman–Crippen MR) is 91.7 cm³/mol. The SMILES string of the molecule is Cc1ccc(C(=O)NCCNC(=O)c2ccc(C)c(F)c2)c(C)c1. The van der Waals surface area contributed by atoms with E-state index in [-0.39, 0.29) is 23.9 Å². The number of hydrogen-bond donors (Lipinski definition) is 2. The molecule has 0 radical (unpaired) electrons. The maximum atomic E-state index is 13.5. The van der Waals surface area contributed by atoms with E-state index in [4.69, 9.17) is 0 Å². The summed E-state index contributed by atoms with van der Waals surface area (Å²) in [6.45, 7) is 6.06. The minimum absolute atomic E-state index is 0.178. The van der Waals surface area contributed by atoms with E-state index in [9.17, 15) is 14.0 Å². The van der Waals surface area contributed by atoms with E-state index < -0.39 is 5.82 Å². The van der Waals surface area contributed by atoms with Crippen molar-refractivity contribution in [2.45, 2.75) is 20.8 Å². The zero-order chi connectivity index (χ0) is 17.7. The minimum atomic E-state index is -0.411. The van der Waals surface area contributed by atoms with E-state index >= 15 is 0 Å². The van der Waals surface area contributed by atoms with Crippen molar-refractivity contribution in [2.75, 3.05) is 13.1 Å². The molecule has 2 rings (SSSR count). The fraction of sp³-hybridized carbons (Fsp3) is 0.263. The van der Waals surface area contributed by atoms with Crippen molar-refractivity contribution in [1.82, 2.24) is 10.6 Å². The third-order valence-corrected chi connectivity index (χ3v) is 3.76. The topological polar surface area (TPSA) is 58.2 Å². The molecule has 126 valence electrons. The summed E-state index contributed by atoms with van der Waals surface area (Å²) in [4.78, 5) is 24.0. The number of hydrogen-bond acceptors (Lipinski definition) is 2. The molecule has 5 heteroatoms. The molecule has 0 saturated heterocycles. The van der Waals surface area contributed by atoms with Crippen LogP contribution in [0.5, 0.6) is 0 Å². The fourth-order valence-electron chi connectivity index (χ4n) is 2.35. The van der Waals surface area contributed by atoms with Gasteiger partial charge >= 0.3 is 0 Å². The van der Waals surface area contributed by atoms with Gasteiger partial charge < -0.3 is 10.6 Å². The van der Waals surface area contributed by atoms with E-state index in [0.717, 1.165) is 11.1 Å². The van der Waals surface area contributed by atoms with Crippen molar-refractivity contribution in [3.63, 3.8) is 0 Å². The first-order valence-corrected chi connectivity index (χ1v) is 7.78. The lowest BCUT2D eigenvalue weighted by Crippen LogP contribution is -2.35. The van der Waals surface area contributed by atoms with Crippen LogP contribution in [0.4, 0.5) is 4.39 Å². The third-order valence-electron chi connectivity index (χ3n) is 3.76. The van der Waals surface area contributed by atoms with Crippen molar-refractivity contribution < 1.29 is 14.0 Å². The number of aryl methyl sites for hydroxylation is 3. The Labute approximate surface area is 141 Å². The Morgan fingerprint density at radius 2 is 1.54 bits per heavy atom. The average Bonchev–Trinajstić information content (AvgIpc) is 2.53. The largest absolute Gasteiger partial charge is 0.350 e. The molecule has 0 aliphatic heterocycles. The van der Waals surface area contributed by atoms with E-state index in [1.165, 1.54) is 6.07 Å². The molecule has 0 unspecified atom stereocenters. The van der Waals surface area contributed by atoms with Crippen LogP contribution in [0.25, 0.3) is 0 Å². The van der Waals surface area contributed by atoms with Crippen LogP contribution in [0.15, 0.2) is 36.4 Å². The fourth-order valence-corrected chi connectivity index (χ4v) is 2.35. The molecule has 24 heavy (non-hydrogen) atoms. The van der Waals surface area contributed by atoms with Crippen molar-refractivity contribution in [2.24, 2.45) is 0 Å². The van der Waals surface area contributed by atoms with Gasteiger partial charge in [-0.25, -0.2) is 4.39 Å². The van der Waals surface area contributed by atoms with Gasteiger partial charge in [-0.15, -0.1) is 0 Å². The molecule has 0 aliphatic rings. The van der Waals surface area contributed by atoms with Crippen LogP contribution in [-0.4, -0.2) is 24.9 Å². The molecule has 0 heterocycles. The Balaban J connectivity index is 1.82. The quantitative estimate of drug-likeness (QED) is 0.829. The van der Waals surface area contributed by atoms with Crippen molar-refractivity contribution >= 4 is 11.8 Å². The number of carbonyl (C=O) groups is 2. The van der Waals surface area contributed by atoms with Gasteiger partial charge in [0.1, 0.15) is 5.82 Å². The number of halogens is 1. The van der Waals surface area contributed by atoms with Crippen molar-refractivity contribution in [3.8, 4) is 0 Å². The standard InChI is InChI=1S/C19H21FN2O2/c1-12-4-7-16(14(3)10-12)19(24)22-9-8-21-18(23)15-6-5-13(2)17(20)11-15/h4-7,10-11H,8-9H2,1-3H3,(H,21,23)(H,22,24). The minimum Gasteiger partial charge on any atom is -0.350 e. The van der Waals surface area contributed by atoms with E-state index in [1.807, 2.05) is 26.0 Å². The van der Waals surface area contributed by atoms with Crippen LogP contribution < -0.4 is 10.6 Å². The molecule has 0 bridgehead atoms. The highest BCUT2D eigenvalue weighted by Crippen LogP contribution is 2.10. The molecule has 0 fully saturated rings. The van der Waals surface area contributed by atoms with E-state index in [0.29, 0.717) is 17.7 Å². The molecule has 0 saturated carbocycles. The second-order valence-electron chi connectivity index (χ2n) is 5.79. The van der Waals surface area contributed by atoms with Gasteiger partial charge in [0.05, 0.1) is 0 Å². The molecule has 0 aromatic heterocycles. The Hall–Kier alpha value is -2.69. The van der Waals surface area contributed by atoms with Gasteiger partial charge in [0.15, 0.2) is 0 Å². The highest BCUT2D eigenvalue weighted by atomic mass is 19.1. The van der Waals surface area contributed by atoms with E-state index in [2.05, 4.69) is 10.6 Å². The Morgan fingerprint density at radius 1 is 0.875 bits per heavy atom.